The van der Waals surface area contributed by atoms with E-state index >= 15 is 0 Å². The van der Waals surface area contributed by atoms with Gasteiger partial charge in [0.2, 0.25) is 10.0 Å². The van der Waals surface area contributed by atoms with Crippen molar-refractivity contribution in [1.82, 2.24) is 14.2 Å². The minimum atomic E-state index is -3.15. The largest absolute Gasteiger partial charge is 0.296 e. The quantitative estimate of drug-likeness (QED) is 0.694. The number of hydrogen-bond acceptors (Lipinski definition) is 4. The molecule has 0 saturated carbocycles. The molecule has 7 heteroatoms. The first-order valence-electron chi connectivity index (χ1n) is 9.23. The van der Waals surface area contributed by atoms with Gasteiger partial charge in [0.1, 0.15) is 5.82 Å². The van der Waals surface area contributed by atoms with Gasteiger partial charge in [-0.2, -0.15) is 4.31 Å². The molecule has 1 aliphatic rings. The predicted octanol–water partition coefficient (Wildman–Crippen LogP) is 3.01. The third kappa shape index (κ3) is 4.39. The van der Waals surface area contributed by atoms with E-state index in [1.54, 1.807) is 28.7 Å². The van der Waals surface area contributed by atoms with E-state index in [1.165, 1.54) is 6.07 Å². The Kier molecular flexibility index (Phi) is 6.21. The van der Waals surface area contributed by atoms with Crippen LogP contribution in [0.25, 0.3) is 10.9 Å². The summed E-state index contributed by atoms with van der Waals surface area (Å²) >= 11 is 0. The fourth-order valence-corrected chi connectivity index (χ4v) is 4.94. The van der Waals surface area contributed by atoms with E-state index in [0.717, 1.165) is 24.8 Å². The molecular weight excluding hydrogens is 353 g/mol. The van der Waals surface area contributed by atoms with Crippen molar-refractivity contribution in [3.8, 4) is 0 Å². The number of nitrogens with zero attached hydrogens (tertiary/aromatic N) is 3. The lowest BCUT2D eigenvalue weighted by molar-refractivity contribution is 0.182. The van der Waals surface area contributed by atoms with E-state index in [4.69, 9.17) is 0 Å². The molecule has 1 aromatic heterocycles. The molecule has 5 nitrogen and oxygen atoms in total. The molecule has 0 unspecified atom stereocenters. The first kappa shape index (κ1) is 19.2. The van der Waals surface area contributed by atoms with Gasteiger partial charge in [0, 0.05) is 44.3 Å². The van der Waals surface area contributed by atoms with Crippen molar-refractivity contribution in [2.45, 2.75) is 32.7 Å². The maximum absolute atomic E-state index is 13.9. The Morgan fingerprint density at radius 2 is 1.88 bits per heavy atom. The highest BCUT2D eigenvalue weighted by molar-refractivity contribution is 7.89. The molecule has 1 fully saturated rings. The number of unbranched alkanes of at least 4 members (excludes halogenated alkanes) is 2. The van der Waals surface area contributed by atoms with Gasteiger partial charge in [-0.1, -0.05) is 25.8 Å². The summed E-state index contributed by atoms with van der Waals surface area (Å²) < 4.78 is 40.3. The van der Waals surface area contributed by atoms with E-state index in [9.17, 15) is 12.8 Å². The smallest absolute Gasteiger partial charge is 0.214 e. The maximum atomic E-state index is 13.9. The molecule has 0 N–H and O–H groups in total. The average Bonchev–Trinajstić information content (AvgIpc) is 2.65. The molecule has 1 aliphatic heterocycles. The topological polar surface area (TPSA) is 53.5 Å². The summed E-state index contributed by atoms with van der Waals surface area (Å²) in [4.78, 5) is 6.54. The summed E-state index contributed by atoms with van der Waals surface area (Å²) in [5.74, 6) is -0.0206. The molecule has 2 aromatic rings. The van der Waals surface area contributed by atoms with Crippen LogP contribution < -0.4 is 0 Å². The second-order valence-corrected chi connectivity index (χ2v) is 8.89. The predicted molar refractivity (Wildman–Crippen MR) is 102 cm³/mol. The monoisotopic (exact) mass is 379 g/mol. The number of pyridine rings is 1. The van der Waals surface area contributed by atoms with E-state index in [0.29, 0.717) is 43.6 Å². The van der Waals surface area contributed by atoms with Crippen LogP contribution in [0, 0.1) is 5.82 Å². The van der Waals surface area contributed by atoms with Crippen LogP contribution in [0.15, 0.2) is 30.5 Å². The van der Waals surface area contributed by atoms with E-state index in [1.807, 2.05) is 0 Å². The van der Waals surface area contributed by atoms with Crippen LogP contribution >= 0.6 is 0 Å². The lowest BCUT2D eigenvalue weighted by atomic mass is 10.1. The maximum Gasteiger partial charge on any atom is 0.214 e. The zero-order valence-corrected chi connectivity index (χ0v) is 16.0. The number of hydrogen-bond donors (Lipinski definition) is 0. The number of aromatic nitrogens is 1. The second kappa shape index (κ2) is 8.41. The Morgan fingerprint density at radius 3 is 2.62 bits per heavy atom. The summed E-state index contributed by atoms with van der Waals surface area (Å²) in [6.07, 6.45) is 4.37. The summed E-state index contributed by atoms with van der Waals surface area (Å²) in [5, 5.41) is 0.530. The summed E-state index contributed by atoms with van der Waals surface area (Å²) in [6, 6.07) is 6.73. The Labute approximate surface area is 154 Å². The Bertz CT molecular complexity index is 849. The molecule has 1 saturated heterocycles. The Hall–Kier alpha value is -1.57. The molecule has 26 heavy (non-hydrogen) atoms. The van der Waals surface area contributed by atoms with E-state index < -0.39 is 10.0 Å². The lowest BCUT2D eigenvalue weighted by Crippen LogP contribution is -2.48. The van der Waals surface area contributed by atoms with Gasteiger partial charge in [-0.3, -0.25) is 9.88 Å². The second-order valence-electron chi connectivity index (χ2n) is 6.80. The Morgan fingerprint density at radius 1 is 1.12 bits per heavy atom. The van der Waals surface area contributed by atoms with Crippen molar-refractivity contribution in [2.24, 2.45) is 0 Å². The third-order valence-corrected chi connectivity index (χ3v) is 6.88. The molecule has 0 bridgehead atoms. The van der Waals surface area contributed by atoms with Crippen LogP contribution in [0.4, 0.5) is 4.39 Å². The average molecular weight is 380 g/mol. The van der Waals surface area contributed by atoms with Crippen molar-refractivity contribution >= 4 is 20.9 Å². The molecule has 1 aromatic carbocycles. The molecule has 0 aliphatic carbocycles. The van der Waals surface area contributed by atoms with E-state index in [-0.39, 0.29) is 11.6 Å². The number of fused-ring (bicyclic) bond motifs is 1. The first-order chi connectivity index (χ1) is 12.5. The number of sulfonamides is 1. The first-order valence-corrected chi connectivity index (χ1v) is 10.8. The van der Waals surface area contributed by atoms with Crippen LogP contribution in [0.2, 0.25) is 0 Å². The van der Waals surface area contributed by atoms with Crippen molar-refractivity contribution in [3.63, 3.8) is 0 Å². The van der Waals surface area contributed by atoms with Gasteiger partial charge in [-0.05, 0) is 30.2 Å². The SMILES string of the molecule is CCCCCS(=O)(=O)N1CCN(Cc2ccc(F)c3cccnc23)CC1. The highest BCUT2D eigenvalue weighted by Crippen LogP contribution is 2.22. The Balaban J connectivity index is 1.62. The van der Waals surface area contributed by atoms with Gasteiger partial charge in [-0.25, -0.2) is 12.8 Å². The summed E-state index contributed by atoms with van der Waals surface area (Å²) in [5.41, 5.74) is 1.66. The highest BCUT2D eigenvalue weighted by atomic mass is 32.2. The molecule has 2 heterocycles. The van der Waals surface area contributed by atoms with Gasteiger partial charge in [-0.15, -0.1) is 0 Å². The van der Waals surface area contributed by atoms with Crippen LogP contribution in [-0.2, 0) is 16.6 Å². The molecule has 0 radical (unpaired) electrons. The van der Waals surface area contributed by atoms with Gasteiger partial charge >= 0.3 is 0 Å². The van der Waals surface area contributed by atoms with E-state index in [2.05, 4.69) is 16.8 Å². The van der Waals surface area contributed by atoms with Crippen molar-refractivity contribution in [1.29, 1.82) is 0 Å². The fraction of sp³-hybridized carbons (Fsp3) is 0.526. The molecule has 0 amide bonds. The third-order valence-electron chi connectivity index (χ3n) is 4.92. The standard InChI is InChI=1S/C19H26FN3O2S/c1-2-3-4-14-26(24,25)23-12-10-22(11-13-23)15-16-7-8-18(20)17-6-5-9-21-19(16)17/h5-9H,2-4,10-15H2,1H3. The zero-order chi connectivity index (χ0) is 18.6. The van der Waals surface area contributed by atoms with Crippen molar-refractivity contribution in [3.05, 3.63) is 41.8 Å². The van der Waals surface area contributed by atoms with Gasteiger partial charge in [0.05, 0.1) is 11.3 Å². The van der Waals surface area contributed by atoms with Crippen LogP contribution in [0.5, 0.6) is 0 Å². The molecule has 0 atom stereocenters. The zero-order valence-electron chi connectivity index (χ0n) is 15.2. The minimum absolute atomic E-state index is 0.243. The minimum Gasteiger partial charge on any atom is -0.296 e. The van der Waals surface area contributed by atoms with Crippen LogP contribution in [0.3, 0.4) is 0 Å². The molecular formula is C19H26FN3O2S. The summed E-state index contributed by atoms with van der Waals surface area (Å²) in [6.45, 7) is 5.11. The number of benzene rings is 1. The normalized spacial score (nSPS) is 17.0. The van der Waals surface area contributed by atoms with Crippen molar-refractivity contribution < 1.29 is 12.8 Å². The number of halogens is 1. The lowest BCUT2D eigenvalue weighted by Gasteiger charge is -2.34. The molecule has 0 spiro atoms. The van der Waals surface area contributed by atoms with Gasteiger partial charge in [0.25, 0.3) is 0 Å². The van der Waals surface area contributed by atoms with Gasteiger partial charge < -0.3 is 0 Å². The molecule has 3 rings (SSSR count). The van der Waals surface area contributed by atoms with Crippen LogP contribution in [0.1, 0.15) is 31.7 Å². The molecule has 142 valence electrons. The fourth-order valence-electron chi connectivity index (χ4n) is 3.39. The summed E-state index contributed by atoms with van der Waals surface area (Å²) in [7, 11) is -3.15. The highest BCUT2D eigenvalue weighted by Gasteiger charge is 2.26. The van der Waals surface area contributed by atoms with Crippen LogP contribution in [-0.4, -0.2) is 54.5 Å². The van der Waals surface area contributed by atoms with Gasteiger partial charge in [0.15, 0.2) is 0 Å². The van der Waals surface area contributed by atoms with Crippen molar-refractivity contribution in [2.75, 3.05) is 31.9 Å². The number of rotatable bonds is 7. The number of piperazine rings is 1.